The highest BCUT2D eigenvalue weighted by atomic mass is 35.5. The number of thiocarbonyl (C=S) groups is 1. The van der Waals surface area contributed by atoms with E-state index in [1.54, 1.807) is 0 Å². The van der Waals surface area contributed by atoms with Crippen LogP contribution in [0, 0.1) is 0 Å². The van der Waals surface area contributed by atoms with Gasteiger partial charge in [0.2, 0.25) is 5.82 Å². The van der Waals surface area contributed by atoms with Gasteiger partial charge in [-0.05, 0) is 73.8 Å². The molecule has 6 nitrogen and oxygen atoms in total. The average molecular weight is 495 g/mol. The van der Waals surface area contributed by atoms with E-state index in [4.69, 9.17) is 38.1 Å². The number of hydrogen-bond donors (Lipinski definition) is 1. The van der Waals surface area contributed by atoms with Crippen LogP contribution in [-0.4, -0.2) is 39.4 Å². The Morgan fingerprint density at radius 3 is 2.59 bits per heavy atom. The Hall–Kier alpha value is -2.74. The monoisotopic (exact) mass is 494 g/mol. The highest BCUT2D eigenvalue weighted by Crippen LogP contribution is 2.38. The molecule has 2 unspecified atom stereocenters. The minimum absolute atomic E-state index is 0.156. The van der Waals surface area contributed by atoms with Crippen molar-refractivity contribution in [3.05, 3.63) is 76.3 Å². The van der Waals surface area contributed by atoms with Gasteiger partial charge in [-0.3, -0.25) is 0 Å². The molecule has 1 saturated heterocycles. The van der Waals surface area contributed by atoms with Crippen molar-refractivity contribution in [2.24, 2.45) is 0 Å². The molecule has 0 aliphatic carbocycles. The van der Waals surface area contributed by atoms with E-state index in [9.17, 15) is 0 Å². The maximum absolute atomic E-state index is 6.05. The summed E-state index contributed by atoms with van der Waals surface area (Å²) in [6, 6.07) is 15.8. The van der Waals surface area contributed by atoms with Crippen LogP contribution in [0.15, 0.2) is 58.8 Å². The summed E-state index contributed by atoms with van der Waals surface area (Å²) in [5, 5.41) is 9.13. The van der Waals surface area contributed by atoms with Crippen molar-refractivity contribution in [3.63, 3.8) is 0 Å². The predicted molar refractivity (Wildman–Crippen MR) is 137 cm³/mol. The first-order chi connectivity index (χ1) is 16.5. The number of halogens is 1. The standard InChI is InChI=1S/C26H27ClN4O2S/c1-3-17-6-8-18(9-7-17)23-22(16(2)31(26(34)28-23)15-21-5-4-14-32-21)25-29-24(30-33-25)19-10-12-20(27)13-11-19/h6-13,21,23H,3-5,14-15H2,1-2H3,(H,28,34). The molecule has 34 heavy (non-hydrogen) atoms. The molecule has 2 aromatic carbocycles. The molecule has 1 N–H and O–H groups in total. The van der Waals surface area contributed by atoms with Crippen molar-refractivity contribution in [1.29, 1.82) is 0 Å². The Kier molecular flexibility index (Phi) is 6.68. The average Bonchev–Trinajstić information content (AvgIpc) is 3.54. The molecule has 2 aliphatic rings. The summed E-state index contributed by atoms with van der Waals surface area (Å²) in [6.45, 7) is 5.71. The zero-order chi connectivity index (χ0) is 23.7. The Labute approximate surface area is 209 Å². The number of nitrogens with one attached hydrogen (secondary N) is 1. The highest BCUT2D eigenvalue weighted by molar-refractivity contribution is 7.80. The number of aryl methyl sites for hydroxylation is 1. The van der Waals surface area contributed by atoms with Crippen LogP contribution in [-0.2, 0) is 11.2 Å². The third-order valence-electron chi connectivity index (χ3n) is 6.49. The number of aromatic nitrogens is 2. The predicted octanol–water partition coefficient (Wildman–Crippen LogP) is 5.79. The number of benzene rings is 2. The van der Waals surface area contributed by atoms with Crippen molar-refractivity contribution in [1.82, 2.24) is 20.4 Å². The molecular formula is C26H27ClN4O2S. The molecule has 3 heterocycles. The van der Waals surface area contributed by atoms with Crippen molar-refractivity contribution in [2.75, 3.05) is 13.2 Å². The van der Waals surface area contributed by atoms with Crippen molar-refractivity contribution < 1.29 is 9.26 Å². The van der Waals surface area contributed by atoms with Gasteiger partial charge in [-0.15, -0.1) is 0 Å². The van der Waals surface area contributed by atoms with Crippen LogP contribution in [0.2, 0.25) is 5.02 Å². The molecule has 176 valence electrons. The lowest BCUT2D eigenvalue weighted by molar-refractivity contribution is 0.0962. The third-order valence-corrected chi connectivity index (χ3v) is 7.08. The van der Waals surface area contributed by atoms with Gasteiger partial charge in [-0.1, -0.05) is 47.9 Å². The zero-order valence-electron chi connectivity index (χ0n) is 19.3. The van der Waals surface area contributed by atoms with E-state index < -0.39 is 0 Å². The SMILES string of the molecule is CCc1ccc(C2NC(=S)N(CC3CCCO3)C(C)=C2c2nc(-c3ccc(Cl)cc3)no2)cc1. The van der Waals surface area contributed by atoms with E-state index in [-0.39, 0.29) is 12.1 Å². The van der Waals surface area contributed by atoms with Gasteiger partial charge in [0.15, 0.2) is 5.11 Å². The molecule has 1 fully saturated rings. The quantitative estimate of drug-likeness (QED) is 0.435. The van der Waals surface area contributed by atoms with E-state index in [0.29, 0.717) is 28.4 Å². The van der Waals surface area contributed by atoms with E-state index in [1.807, 2.05) is 24.3 Å². The first kappa shape index (κ1) is 23.0. The molecule has 3 aromatic rings. The molecule has 1 aromatic heterocycles. The molecule has 0 spiro atoms. The number of rotatable bonds is 6. The number of nitrogens with zero attached hydrogens (tertiary/aromatic N) is 3. The maximum atomic E-state index is 6.05. The Balaban J connectivity index is 1.55. The van der Waals surface area contributed by atoms with Gasteiger partial charge in [0.05, 0.1) is 24.3 Å². The summed E-state index contributed by atoms with van der Waals surface area (Å²) < 4.78 is 11.7. The largest absolute Gasteiger partial charge is 0.376 e. The normalized spacial score (nSPS) is 20.7. The Bertz CT molecular complexity index is 1200. The second kappa shape index (κ2) is 9.86. The van der Waals surface area contributed by atoms with Crippen LogP contribution in [0.3, 0.4) is 0 Å². The summed E-state index contributed by atoms with van der Waals surface area (Å²) in [6.07, 6.45) is 3.25. The lowest BCUT2D eigenvalue weighted by Gasteiger charge is -2.38. The van der Waals surface area contributed by atoms with Crippen LogP contribution in [0.1, 0.15) is 49.7 Å². The first-order valence-electron chi connectivity index (χ1n) is 11.6. The second-order valence-electron chi connectivity index (χ2n) is 8.65. The second-order valence-corrected chi connectivity index (χ2v) is 9.48. The molecule has 5 rings (SSSR count). The third kappa shape index (κ3) is 4.60. The molecule has 2 aliphatic heterocycles. The van der Waals surface area contributed by atoms with Crippen molar-refractivity contribution in [3.8, 4) is 11.4 Å². The van der Waals surface area contributed by atoms with Crippen molar-refractivity contribution in [2.45, 2.75) is 45.3 Å². The van der Waals surface area contributed by atoms with Gasteiger partial charge >= 0.3 is 0 Å². The Morgan fingerprint density at radius 2 is 1.91 bits per heavy atom. The number of allylic oxidation sites excluding steroid dienone is 1. The van der Waals surface area contributed by atoms with E-state index in [2.05, 4.69) is 53.5 Å². The molecule has 2 atom stereocenters. The summed E-state index contributed by atoms with van der Waals surface area (Å²) in [7, 11) is 0. The molecule has 8 heteroatoms. The number of ether oxygens (including phenoxy) is 1. The van der Waals surface area contributed by atoms with Gasteiger partial charge in [-0.25, -0.2) is 0 Å². The van der Waals surface area contributed by atoms with Crippen LogP contribution in [0.4, 0.5) is 0 Å². The van der Waals surface area contributed by atoms with Gasteiger partial charge < -0.3 is 19.5 Å². The van der Waals surface area contributed by atoms with Crippen LogP contribution >= 0.6 is 23.8 Å². The van der Waals surface area contributed by atoms with Gasteiger partial charge in [0.25, 0.3) is 5.89 Å². The fourth-order valence-corrected chi connectivity index (χ4v) is 4.97. The molecule has 0 bridgehead atoms. The minimum Gasteiger partial charge on any atom is -0.376 e. The van der Waals surface area contributed by atoms with Gasteiger partial charge in [0, 0.05) is 22.9 Å². The summed E-state index contributed by atoms with van der Waals surface area (Å²) >= 11 is 11.9. The van der Waals surface area contributed by atoms with Crippen LogP contribution < -0.4 is 5.32 Å². The van der Waals surface area contributed by atoms with Gasteiger partial charge in [-0.2, -0.15) is 4.98 Å². The van der Waals surface area contributed by atoms with Gasteiger partial charge in [0.1, 0.15) is 0 Å². The molecule has 0 radical (unpaired) electrons. The summed E-state index contributed by atoms with van der Waals surface area (Å²) in [4.78, 5) is 6.87. The highest BCUT2D eigenvalue weighted by Gasteiger charge is 2.35. The zero-order valence-corrected chi connectivity index (χ0v) is 20.8. The van der Waals surface area contributed by atoms with E-state index in [0.717, 1.165) is 48.3 Å². The van der Waals surface area contributed by atoms with E-state index in [1.165, 1.54) is 5.56 Å². The summed E-state index contributed by atoms with van der Waals surface area (Å²) in [5.41, 5.74) is 5.14. The lowest BCUT2D eigenvalue weighted by Crippen LogP contribution is -2.48. The smallest absolute Gasteiger partial charge is 0.258 e. The molecule has 0 saturated carbocycles. The first-order valence-corrected chi connectivity index (χ1v) is 12.4. The fourth-order valence-electron chi connectivity index (χ4n) is 4.52. The number of hydrogen-bond acceptors (Lipinski definition) is 5. The van der Waals surface area contributed by atoms with Crippen LogP contribution in [0.5, 0.6) is 0 Å². The van der Waals surface area contributed by atoms with E-state index >= 15 is 0 Å². The lowest BCUT2D eigenvalue weighted by atomic mass is 9.93. The van der Waals surface area contributed by atoms with Crippen molar-refractivity contribution >= 4 is 34.5 Å². The molecular weight excluding hydrogens is 468 g/mol. The molecule has 0 amide bonds. The minimum atomic E-state index is -0.197. The topological polar surface area (TPSA) is 63.4 Å². The van der Waals surface area contributed by atoms with Crippen LogP contribution in [0.25, 0.3) is 17.0 Å². The summed E-state index contributed by atoms with van der Waals surface area (Å²) in [5.74, 6) is 0.991. The maximum Gasteiger partial charge on any atom is 0.258 e. The fraction of sp³-hybridized carbons (Fsp3) is 0.346. The Morgan fingerprint density at radius 1 is 1.15 bits per heavy atom.